The predicted octanol–water partition coefficient (Wildman–Crippen LogP) is -0.259. The minimum atomic E-state index is -0.0673. The lowest BCUT2D eigenvalue weighted by Crippen LogP contribution is -3.00. The van der Waals surface area contributed by atoms with Crippen LogP contribution in [0.3, 0.4) is 0 Å². The molecule has 5 nitrogen and oxygen atoms in total. The molecule has 1 aromatic carbocycles. The molecule has 2 rings (SSSR count). The molecule has 0 spiro atoms. The van der Waals surface area contributed by atoms with Gasteiger partial charge in [-0.3, -0.25) is 9.59 Å². The van der Waals surface area contributed by atoms with E-state index < -0.39 is 0 Å². The zero-order valence-electron chi connectivity index (χ0n) is 16.5. The number of aryl methyl sites for hydroxylation is 3. The first-order chi connectivity index (χ1) is 12.5. The van der Waals surface area contributed by atoms with E-state index in [0.717, 1.165) is 29.8 Å². The van der Waals surface area contributed by atoms with Gasteiger partial charge in [-0.25, -0.2) is 4.57 Å². The van der Waals surface area contributed by atoms with E-state index in [1.165, 1.54) is 6.92 Å². The van der Waals surface area contributed by atoms with Crippen LogP contribution in [0.1, 0.15) is 42.4 Å². The highest BCUT2D eigenvalue weighted by atomic mass is 127. The summed E-state index contributed by atoms with van der Waals surface area (Å²) in [5, 5.41) is 2.88. The largest absolute Gasteiger partial charge is 1.00 e. The number of benzene rings is 1. The average molecular weight is 481 g/mol. The van der Waals surface area contributed by atoms with Crippen LogP contribution in [0, 0.1) is 0 Å². The Labute approximate surface area is 178 Å². The van der Waals surface area contributed by atoms with Gasteiger partial charge in [-0.15, -0.1) is 0 Å². The Morgan fingerprint density at radius 2 is 1.70 bits per heavy atom. The van der Waals surface area contributed by atoms with Crippen molar-refractivity contribution in [2.24, 2.45) is 7.05 Å². The van der Waals surface area contributed by atoms with Crippen molar-refractivity contribution in [1.82, 2.24) is 4.90 Å². The Bertz CT molecular complexity index is 789. The van der Waals surface area contributed by atoms with Crippen LogP contribution in [0.25, 0.3) is 0 Å². The maximum absolute atomic E-state index is 12.5. The highest BCUT2D eigenvalue weighted by Crippen LogP contribution is 2.17. The molecule has 0 radical (unpaired) electrons. The Balaban J connectivity index is 0.00000364. The number of carbonyl (C=O) groups excluding carboxylic acids is 2. The third-order valence-electron chi connectivity index (χ3n) is 4.52. The predicted molar refractivity (Wildman–Crippen MR) is 103 cm³/mol. The van der Waals surface area contributed by atoms with Gasteiger partial charge < -0.3 is 34.2 Å². The van der Waals surface area contributed by atoms with E-state index >= 15 is 0 Å². The second kappa shape index (κ2) is 11.0. The molecule has 1 N–H and O–H groups in total. The number of amides is 2. The van der Waals surface area contributed by atoms with Crippen LogP contribution < -0.4 is 33.9 Å². The normalized spacial score (nSPS) is 10.1. The minimum absolute atomic E-state index is 0. The second-order valence-electron chi connectivity index (χ2n) is 6.34. The van der Waals surface area contributed by atoms with Gasteiger partial charge in [-0.2, -0.15) is 0 Å². The molecule has 146 valence electrons. The molecule has 0 bridgehead atoms. The van der Waals surface area contributed by atoms with E-state index in [9.17, 15) is 9.59 Å². The van der Waals surface area contributed by atoms with Gasteiger partial charge in [-0.05, 0) is 38.0 Å². The Morgan fingerprint density at radius 3 is 2.30 bits per heavy atom. The molecule has 0 aliphatic carbocycles. The maximum Gasteiger partial charge on any atom is 0.259 e. The molecule has 0 unspecified atom stereocenters. The van der Waals surface area contributed by atoms with Gasteiger partial charge >= 0.3 is 0 Å². The van der Waals surface area contributed by atoms with Crippen molar-refractivity contribution in [3.05, 3.63) is 59.4 Å². The third kappa shape index (κ3) is 6.30. The van der Waals surface area contributed by atoms with Crippen LogP contribution in [0.4, 0.5) is 5.69 Å². The SMILES string of the molecule is CCN(CC)C(=O)c1ccc(CCc2ccccc2NC(C)=O)[n+](C)c1.[I-]. The quantitative estimate of drug-likeness (QED) is 0.438. The Kier molecular flexibility index (Phi) is 9.41. The maximum atomic E-state index is 12.5. The summed E-state index contributed by atoms with van der Waals surface area (Å²) in [5.74, 6) is -0.00423. The molecule has 1 heterocycles. The molecular weight excluding hydrogens is 453 g/mol. The topological polar surface area (TPSA) is 53.3 Å². The van der Waals surface area contributed by atoms with E-state index in [-0.39, 0.29) is 35.8 Å². The summed E-state index contributed by atoms with van der Waals surface area (Å²) >= 11 is 0. The van der Waals surface area contributed by atoms with Crippen molar-refractivity contribution in [3.63, 3.8) is 0 Å². The molecule has 0 aliphatic rings. The van der Waals surface area contributed by atoms with E-state index in [2.05, 4.69) is 5.32 Å². The first-order valence-corrected chi connectivity index (χ1v) is 9.09. The van der Waals surface area contributed by atoms with Crippen LogP contribution in [0.15, 0.2) is 42.6 Å². The van der Waals surface area contributed by atoms with Gasteiger partial charge in [0.05, 0.1) is 0 Å². The summed E-state index contributed by atoms with van der Waals surface area (Å²) in [7, 11) is 1.97. The lowest BCUT2D eigenvalue weighted by Gasteiger charge is -2.17. The smallest absolute Gasteiger partial charge is 0.259 e. The van der Waals surface area contributed by atoms with Gasteiger partial charge in [0, 0.05) is 38.2 Å². The van der Waals surface area contributed by atoms with Crippen molar-refractivity contribution in [3.8, 4) is 0 Å². The van der Waals surface area contributed by atoms with Crippen molar-refractivity contribution < 1.29 is 38.1 Å². The number of hydrogen-bond donors (Lipinski definition) is 1. The van der Waals surface area contributed by atoms with Gasteiger partial charge in [0.15, 0.2) is 11.9 Å². The molecule has 0 fully saturated rings. The molecule has 0 aliphatic heterocycles. The fraction of sp³-hybridized carbons (Fsp3) is 0.381. The number of nitrogens with zero attached hydrogens (tertiary/aromatic N) is 2. The summed E-state index contributed by atoms with van der Waals surface area (Å²) in [4.78, 5) is 25.6. The first kappa shape index (κ1) is 23.1. The van der Waals surface area contributed by atoms with Gasteiger partial charge in [0.25, 0.3) is 5.91 Å². The molecule has 0 saturated carbocycles. The number of para-hydroxylation sites is 1. The highest BCUT2D eigenvalue weighted by Gasteiger charge is 2.17. The highest BCUT2D eigenvalue weighted by molar-refractivity contribution is 5.93. The molecule has 27 heavy (non-hydrogen) atoms. The van der Waals surface area contributed by atoms with Crippen molar-refractivity contribution in [2.45, 2.75) is 33.6 Å². The fourth-order valence-electron chi connectivity index (χ4n) is 3.03. The number of anilines is 1. The van der Waals surface area contributed by atoms with Crippen molar-refractivity contribution in [2.75, 3.05) is 18.4 Å². The van der Waals surface area contributed by atoms with Crippen LogP contribution in [0.2, 0.25) is 0 Å². The monoisotopic (exact) mass is 481 g/mol. The van der Waals surface area contributed by atoms with Gasteiger partial charge in [-0.1, -0.05) is 18.2 Å². The van der Waals surface area contributed by atoms with E-state index in [0.29, 0.717) is 18.7 Å². The zero-order chi connectivity index (χ0) is 19.1. The summed E-state index contributed by atoms with van der Waals surface area (Å²) in [5.41, 5.74) is 3.80. The molecular formula is C21H28IN3O2. The van der Waals surface area contributed by atoms with Crippen LogP contribution in [-0.2, 0) is 24.7 Å². The molecule has 6 heteroatoms. The number of halogens is 1. The van der Waals surface area contributed by atoms with E-state index in [4.69, 9.17) is 0 Å². The lowest BCUT2D eigenvalue weighted by atomic mass is 10.0. The number of pyridine rings is 1. The molecule has 1 aromatic heterocycles. The van der Waals surface area contributed by atoms with Crippen molar-refractivity contribution in [1.29, 1.82) is 0 Å². The molecule has 2 aromatic rings. The number of hydrogen-bond acceptors (Lipinski definition) is 2. The Morgan fingerprint density at radius 1 is 1.04 bits per heavy atom. The summed E-state index contributed by atoms with van der Waals surface area (Å²) in [6.45, 7) is 6.91. The number of nitrogens with one attached hydrogen (secondary N) is 1. The third-order valence-corrected chi connectivity index (χ3v) is 4.52. The summed E-state index contributed by atoms with van der Waals surface area (Å²) in [6.07, 6.45) is 3.54. The minimum Gasteiger partial charge on any atom is -1.00 e. The number of rotatable bonds is 7. The summed E-state index contributed by atoms with van der Waals surface area (Å²) < 4.78 is 2.01. The van der Waals surface area contributed by atoms with E-state index in [1.807, 2.05) is 73.0 Å². The van der Waals surface area contributed by atoms with Gasteiger partial charge in [0.2, 0.25) is 5.91 Å². The average Bonchev–Trinajstić information content (AvgIpc) is 2.62. The van der Waals surface area contributed by atoms with Crippen LogP contribution >= 0.6 is 0 Å². The first-order valence-electron chi connectivity index (χ1n) is 9.09. The molecule has 2 amide bonds. The van der Waals surface area contributed by atoms with Crippen LogP contribution in [-0.4, -0.2) is 29.8 Å². The second-order valence-corrected chi connectivity index (χ2v) is 6.34. The zero-order valence-corrected chi connectivity index (χ0v) is 18.6. The van der Waals surface area contributed by atoms with Crippen LogP contribution in [0.5, 0.6) is 0 Å². The van der Waals surface area contributed by atoms with Gasteiger partial charge in [0.1, 0.15) is 12.6 Å². The molecule has 0 saturated heterocycles. The van der Waals surface area contributed by atoms with Crippen molar-refractivity contribution >= 4 is 17.5 Å². The summed E-state index contributed by atoms with van der Waals surface area (Å²) in [6, 6.07) is 11.8. The standard InChI is InChI=1S/C21H27N3O2.HI/c1-5-24(6-2)21(26)18-12-14-19(23(4)15-18)13-11-17-9-7-8-10-20(17)22-16(3)25;/h7-10,12,14-15H,5-6,11,13H2,1-4H3;1H. The number of aromatic nitrogens is 1. The van der Waals surface area contributed by atoms with E-state index in [1.54, 1.807) is 0 Å². The fourth-order valence-corrected chi connectivity index (χ4v) is 3.03. The molecule has 0 atom stereocenters. The lowest BCUT2D eigenvalue weighted by molar-refractivity contribution is -0.679. The Hall–Kier alpha value is -1.96. The number of carbonyl (C=O) groups is 2.